The predicted octanol–water partition coefficient (Wildman–Crippen LogP) is 1.49. The highest BCUT2D eigenvalue weighted by atomic mass is 16.5. The lowest BCUT2D eigenvalue weighted by Crippen LogP contribution is -2.04. The molecule has 3 N–H and O–H groups in total. The molecule has 0 spiro atoms. The van der Waals surface area contributed by atoms with E-state index in [-0.39, 0.29) is 0 Å². The highest BCUT2D eigenvalue weighted by Crippen LogP contribution is 2.20. The van der Waals surface area contributed by atoms with Crippen LogP contribution >= 0.6 is 0 Å². The molecule has 1 rings (SSSR count). The van der Waals surface area contributed by atoms with E-state index in [1.54, 1.807) is 6.07 Å². The van der Waals surface area contributed by atoms with E-state index in [9.17, 15) is 0 Å². The van der Waals surface area contributed by atoms with Gasteiger partial charge in [-0.15, -0.1) is 0 Å². The lowest BCUT2D eigenvalue weighted by Gasteiger charge is -2.08. The van der Waals surface area contributed by atoms with Gasteiger partial charge in [0.25, 0.3) is 0 Å². The Morgan fingerprint density at radius 3 is 2.85 bits per heavy atom. The fourth-order valence-electron chi connectivity index (χ4n) is 0.983. The summed E-state index contributed by atoms with van der Waals surface area (Å²) in [7, 11) is 0. The Balaban J connectivity index is 2.83. The van der Waals surface area contributed by atoms with Gasteiger partial charge in [0.2, 0.25) is 5.88 Å². The molecule has 4 nitrogen and oxygen atoms in total. The lowest BCUT2D eigenvalue weighted by molar-refractivity contribution is 0.329. The largest absolute Gasteiger partial charge is 0.476 e. The number of nitrogens with zero attached hydrogens (tertiary/aromatic N) is 1. The lowest BCUT2D eigenvalue weighted by atomic mass is 10.4. The fraction of sp³-hybridized carbons (Fsp3) is 0.444. The summed E-state index contributed by atoms with van der Waals surface area (Å²) in [6.45, 7) is 5.33. The van der Waals surface area contributed by atoms with Crippen LogP contribution in [0.25, 0.3) is 0 Å². The van der Waals surface area contributed by atoms with Gasteiger partial charge in [-0.25, -0.2) is 0 Å². The molecule has 13 heavy (non-hydrogen) atoms. The molecule has 0 bridgehead atoms. The van der Waals surface area contributed by atoms with Crippen molar-refractivity contribution < 1.29 is 4.74 Å². The maximum absolute atomic E-state index is 5.66. The van der Waals surface area contributed by atoms with Crippen molar-refractivity contribution in [1.82, 2.24) is 4.98 Å². The Morgan fingerprint density at radius 1 is 1.46 bits per heavy atom. The van der Waals surface area contributed by atoms with E-state index in [0.29, 0.717) is 18.2 Å². The molecule has 1 heterocycles. The highest BCUT2D eigenvalue weighted by molar-refractivity contribution is 5.53. The van der Waals surface area contributed by atoms with Crippen LogP contribution in [0.2, 0.25) is 0 Å². The zero-order valence-electron chi connectivity index (χ0n) is 8.00. The van der Waals surface area contributed by atoms with E-state index in [1.807, 2.05) is 19.9 Å². The number of rotatable bonds is 4. The molecule has 0 amide bonds. The summed E-state index contributed by atoms with van der Waals surface area (Å²) in [5.74, 6) is 1.29. The topological polar surface area (TPSA) is 60.2 Å². The van der Waals surface area contributed by atoms with Crippen LogP contribution in [0.1, 0.15) is 13.8 Å². The smallest absolute Gasteiger partial charge is 0.239 e. The zero-order valence-corrected chi connectivity index (χ0v) is 8.00. The van der Waals surface area contributed by atoms with E-state index in [2.05, 4.69) is 10.3 Å². The predicted molar refractivity (Wildman–Crippen MR) is 54.0 cm³/mol. The van der Waals surface area contributed by atoms with Crippen LogP contribution in [-0.2, 0) is 0 Å². The van der Waals surface area contributed by atoms with E-state index >= 15 is 0 Å². The zero-order chi connectivity index (χ0) is 9.68. The van der Waals surface area contributed by atoms with Gasteiger partial charge in [0.15, 0.2) is 0 Å². The summed E-state index contributed by atoms with van der Waals surface area (Å²) in [6.07, 6.45) is 0. The number of hydrogen-bond acceptors (Lipinski definition) is 4. The van der Waals surface area contributed by atoms with Crippen molar-refractivity contribution in [3.05, 3.63) is 12.1 Å². The van der Waals surface area contributed by atoms with Crippen LogP contribution in [0.15, 0.2) is 12.1 Å². The Kier molecular flexibility index (Phi) is 3.37. The summed E-state index contributed by atoms with van der Waals surface area (Å²) in [5, 5.41) is 3.09. The first kappa shape index (κ1) is 9.64. The highest BCUT2D eigenvalue weighted by Gasteiger charge is 2.02. The molecule has 4 heteroatoms. The second-order valence-corrected chi connectivity index (χ2v) is 2.55. The first-order chi connectivity index (χ1) is 6.27. The molecule has 0 radical (unpaired) electrons. The minimum absolute atomic E-state index is 0.501. The standard InChI is InChI=1S/C9H15N3O/c1-3-11-8-6-5-7(10)9(12-8)13-4-2/h5-6H,3-4,10H2,1-2H3,(H,11,12). The van der Waals surface area contributed by atoms with E-state index in [4.69, 9.17) is 10.5 Å². The Labute approximate surface area is 78.1 Å². The Bertz CT molecular complexity index is 276. The van der Waals surface area contributed by atoms with Gasteiger partial charge in [-0.3, -0.25) is 0 Å². The molecule has 1 aromatic heterocycles. The average molecular weight is 181 g/mol. The van der Waals surface area contributed by atoms with Gasteiger partial charge in [0.05, 0.1) is 12.3 Å². The van der Waals surface area contributed by atoms with E-state index in [1.165, 1.54) is 0 Å². The quantitative estimate of drug-likeness (QED) is 0.738. The molecule has 0 aromatic carbocycles. The number of pyridine rings is 1. The molecule has 0 atom stereocenters. The van der Waals surface area contributed by atoms with Crippen LogP contribution in [0, 0.1) is 0 Å². The number of anilines is 2. The normalized spacial score (nSPS) is 9.69. The summed E-state index contributed by atoms with van der Waals surface area (Å²) >= 11 is 0. The summed E-state index contributed by atoms with van der Waals surface area (Å²) in [4.78, 5) is 4.19. The first-order valence-electron chi connectivity index (χ1n) is 4.41. The van der Waals surface area contributed by atoms with Crippen molar-refractivity contribution in [2.24, 2.45) is 0 Å². The van der Waals surface area contributed by atoms with Crippen molar-refractivity contribution in [3.8, 4) is 5.88 Å². The summed E-state index contributed by atoms with van der Waals surface area (Å²) < 4.78 is 5.25. The molecule has 72 valence electrons. The van der Waals surface area contributed by atoms with Crippen molar-refractivity contribution in [3.63, 3.8) is 0 Å². The van der Waals surface area contributed by atoms with E-state index in [0.717, 1.165) is 12.4 Å². The summed E-state index contributed by atoms with van der Waals surface area (Å²) in [6, 6.07) is 3.62. The maximum Gasteiger partial charge on any atom is 0.239 e. The van der Waals surface area contributed by atoms with Gasteiger partial charge in [-0.2, -0.15) is 4.98 Å². The molecule has 1 aromatic rings. The third-order valence-electron chi connectivity index (χ3n) is 1.53. The number of nitrogens with two attached hydrogens (primary N) is 1. The van der Waals surface area contributed by atoms with E-state index < -0.39 is 0 Å². The van der Waals surface area contributed by atoms with Crippen molar-refractivity contribution in [2.75, 3.05) is 24.2 Å². The fourth-order valence-corrected chi connectivity index (χ4v) is 0.983. The number of aromatic nitrogens is 1. The number of nitrogens with one attached hydrogen (secondary N) is 1. The molecule has 0 aliphatic heterocycles. The minimum atomic E-state index is 0.501. The molecule has 0 aliphatic carbocycles. The maximum atomic E-state index is 5.66. The second-order valence-electron chi connectivity index (χ2n) is 2.55. The van der Waals surface area contributed by atoms with Crippen molar-refractivity contribution in [2.45, 2.75) is 13.8 Å². The summed E-state index contributed by atoms with van der Waals surface area (Å²) in [5.41, 5.74) is 6.23. The van der Waals surface area contributed by atoms with Crippen LogP contribution < -0.4 is 15.8 Å². The third-order valence-corrected chi connectivity index (χ3v) is 1.53. The van der Waals surface area contributed by atoms with Gasteiger partial charge in [0, 0.05) is 6.54 Å². The van der Waals surface area contributed by atoms with Gasteiger partial charge in [-0.1, -0.05) is 0 Å². The monoisotopic (exact) mass is 181 g/mol. The third kappa shape index (κ3) is 2.50. The Morgan fingerprint density at radius 2 is 2.23 bits per heavy atom. The van der Waals surface area contributed by atoms with Crippen molar-refractivity contribution in [1.29, 1.82) is 0 Å². The molecule has 0 fully saturated rings. The number of nitrogen functional groups attached to an aromatic ring is 1. The molecule has 0 saturated heterocycles. The van der Waals surface area contributed by atoms with Gasteiger partial charge in [-0.05, 0) is 26.0 Å². The molecule has 0 aliphatic rings. The average Bonchev–Trinajstić information content (AvgIpc) is 2.12. The molecule has 0 saturated carbocycles. The SMILES string of the molecule is CCNc1ccc(N)c(OCC)n1. The molecular weight excluding hydrogens is 166 g/mol. The van der Waals surface area contributed by atoms with Crippen LogP contribution in [0.4, 0.5) is 11.5 Å². The number of hydrogen-bond donors (Lipinski definition) is 2. The van der Waals surface area contributed by atoms with Crippen LogP contribution in [-0.4, -0.2) is 18.1 Å². The second kappa shape index (κ2) is 4.54. The minimum Gasteiger partial charge on any atom is -0.476 e. The first-order valence-corrected chi connectivity index (χ1v) is 4.41. The van der Waals surface area contributed by atoms with Crippen molar-refractivity contribution >= 4 is 11.5 Å². The molecular formula is C9H15N3O. The molecule has 0 unspecified atom stereocenters. The number of ether oxygens (including phenoxy) is 1. The van der Waals surface area contributed by atoms with Gasteiger partial charge in [0.1, 0.15) is 5.82 Å². The van der Waals surface area contributed by atoms with Gasteiger partial charge < -0.3 is 15.8 Å². The van der Waals surface area contributed by atoms with Crippen LogP contribution in [0.5, 0.6) is 5.88 Å². The van der Waals surface area contributed by atoms with Gasteiger partial charge >= 0.3 is 0 Å². The Hall–Kier alpha value is -1.45. The van der Waals surface area contributed by atoms with Crippen LogP contribution in [0.3, 0.4) is 0 Å².